The van der Waals surface area contributed by atoms with E-state index in [9.17, 15) is 8.78 Å². The van der Waals surface area contributed by atoms with Crippen molar-refractivity contribution in [3.63, 3.8) is 0 Å². The number of aromatic nitrogens is 1. The lowest BCUT2D eigenvalue weighted by molar-refractivity contribution is 0.584. The molecule has 0 saturated heterocycles. The highest BCUT2D eigenvalue weighted by atomic mass is 32.2. The Morgan fingerprint density at radius 1 is 1.04 bits per heavy atom. The second kappa shape index (κ2) is 7.33. The molecule has 0 fully saturated rings. The highest BCUT2D eigenvalue weighted by molar-refractivity contribution is 7.98. The standard InChI is InChI=1S/C21H22F2N2S/c1-13(25-26-21(2,3)4)18-8-7-14-6-5-9-24-20(14)19(18)15-10-16(22)12-17(23)11-15/h5-13,25H,1-4H3. The van der Waals surface area contributed by atoms with Crippen molar-refractivity contribution in [1.29, 1.82) is 0 Å². The summed E-state index contributed by atoms with van der Waals surface area (Å²) in [5.74, 6) is -1.19. The van der Waals surface area contributed by atoms with Gasteiger partial charge in [-0.2, -0.15) is 0 Å². The Morgan fingerprint density at radius 3 is 2.38 bits per heavy atom. The van der Waals surface area contributed by atoms with E-state index in [0.717, 1.165) is 28.1 Å². The molecule has 5 heteroatoms. The molecular formula is C21H22F2N2S. The first-order valence-electron chi connectivity index (χ1n) is 8.52. The maximum absolute atomic E-state index is 13.9. The molecule has 0 radical (unpaired) electrons. The largest absolute Gasteiger partial charge is 0.256 e. The number of benzene rings is 2. The van der Waals surface area contributed by atoms with Crippen LogP contribution in [0, 0.1) is 11.6 Å². The molecule has 0 saturated carbocycles. The van der Waals surface area contributed by atoms with E-state index in [0.29, 0.717) is 5.56 Å². The summed E-state index contributed by atoms with van der Waals surface area (Å²) in [7, 11) is 0. The minimum atomic E-state index is -0.594. The second-order valence-corrected chi connectivity index (χ2v) is 8.98. The van der Waals surface area contributed by atoms with Crippen LogP contribution in [0.25, 0.3) is 22.0 Å². The van der Waals surface area contributed by atoms with E-state index in [1.807, 2.05) is 31.2 Å². The maximum atomic E-state index is 13.9. The molecule has 1 atom stereocenters. The summed E-state index contributed by atoms with van der Waals surface area (Å²) < 4.78 is 31.2. The van der Waals surface area contributed by atoms with Gasteiger partial charge in [0.2, 0.25) is 0 Å². The number of nitrogens with one attached hydrogen (secondary N) is 1. The third kappa shape index (κ3) is 4.22. The van der Waals surface area contributed by atoms with Gasteiger partial charge in [0, 0.05) is 34.0 Å². The predicted molar refractivity (Wildman–Crippen MR) is 106 cm³/mol. The van der Waals surface area contributed by atoms with Gasteiger partial charge in [0.1, 0.15) is 11.6 Å². The first-order valence-corrected chi connectivity index (χ1v) is 9.34. The molecule has 1 heterocycles. The highest BCUT2D eigenvalue weighted by Crippen LogP contribution is 2.36. The third-order valence-electron chi connectivity index (χ3n) is 3.97. The third-order valence-corrected chi connectivity index (χ3v) is 5.05. The molecule has 2 aromatic carbocycles. The lowest BCUT2D eigenvalue weighted by Gasteiger charge is -2.24. The average molecular weight is 372 g/mol. The predicted octanol–water partition coefficient (Wildman–Crippen LogP) is 6.28. The van der Waals surface area contributed by atoms with Crippen molar-refractivity contribution in [3.05, 3.63) is 65.9 Å². The van der Waals surface area contributed by atoms with Crippen LogP contribution in [0.1, 0.15) is 39.3 Å². The average Bonchev–Trinajstić information content (AvgIpc) is 2.57. The Hall–Kier alpha value is -1.98. The van der Waals surface area contributed by atoms with E-state index in [1.54, 1.807) is 18.1 Å². The van der Waals surface area contributed by atoms with Crippen LogP contribution in [0.5, 0.6) is 0 Å². The molecule has 26 heavy (non-hydrogen) atoms. The van der Waals surface area contributed by atoms with Gasteiger partial charge in [-0.1, -0.05) is 30.1 Å². The first kappa shape index (κ1) is 18.8. The van der Waals surface area contributed by atoms with Crippen LogP contribution in [0.15, 0.2) is 48.7 Å². The Kier molecular flexibility index (Phi) is 5.30. The highest BCUT2D eigenvalue weighted by Gasteiger charge is 2.19. The van der Waals surface area contributed by atoms with Gasteiger partial charge in [0.15, 0.2) is 0 Å². The maximum Gasteiger partial charge on any atom is 0.126 e. The number of nitrogens with zero attached hydrogens (tertiary/aromatic N) is 1. The zero-order valence-electron chi connectivity index (χ0n) is 15.3. The van der Waals surface area contributed by atoms with Gasteiger partial charge in [-0.15, -0.1) is 0 Å². The fourth-order valence-corrected chi connectivity index (χ4v) is 3.51. The van der Waals surface area contributed by atoms with Crippen LogP contribution in [-0.4, -0.2) is 9.73 Å². The number of hydrogen-bond donors (Lipinski definition) is 1. The molecule has 1 unspecified atom stereocenters. The van der Waals surface area contributed by atoms with Crippen LogP contribution in [0.4, 0.5) is 8.78 Å². The SMILES string of the molecule is CC(NSC(C)(C)C)c1ccc2cccnc2c1-c1cc(F)cc(F)c1. The van der Waals surface area contributed by atoms with Gasteiger partial charge in [-0.05, 0) is 57.0 Å². The number of hydrogen-bond acceptors (Lipinski definition) is 3. The summed E-state index contributed by atoms with van der Waals surface area (Å²) in [5, 5.41) is 0.937. The van der Waals surface area contributed by atoms with Crippen molar-refractivity contribution in [2.45, 2.75) is 38.5 Å². The monoisotopic (exact) mass is 372 g/mol. The van der Waals surface area contributed by atoms with Gasteiger partial charge >= 0.3 is 0 Å². The topological polar surface area (TPSA) is 24.9 Å². The molecule has 3 rings (SSSR count). The molecule has 3 aromatic rings. The molecule has 0 aliphatic rings. The Bertz CT molecular complexity index is 915. The molecule has 0 aliphatic carbocycles. The van der Waals surface area contributed by atoms with E-state index in [1.165, 1.54) is 12.1 Å². The van der Waals surface area contributed by atoms with Gasteiger partial charge in [0.05, 0.1) is 5.52 Å². The summed E-state index contributed by atoms with van der Waals surface area (Å²) in [5.41, 5.74) is 2.95. The van der Waals surface area contributed by atoms with Gasteiger partial charge in [0.25, 0.3) is 0 Å². The van der Waals surface area contributed by atoms with Crippen LogP contribution < -0.4 is 4.72 Å². The summed E-state index contributed by atoms with van der Waals surface area (Å²) >= 11 is 1.63. The number of fused-ring (bicyclic) bond motifs is 1. The van der Waals surface area contributed by atoms with Crippen LogP contribution in [0.3, 0.4) is 0 Å². The van der Waals surface area contributed by atoms with Crippen molar-refractivity contribution in [2.75, 3.05) is 0 Å². The number of halogens is 2. The smallest absolute Gasteiger partial charge is 0.126 e. The molecule has 136 valence electrons. The molecule has 0 aliphatic heterocycles. The summed E-state index contributed by atoms with van der Waals surface area (Å²) in [6.07, 6.45) is 1.70. The zero-order valence-corrected chi connectivity index (χ0v) is 16.1. The molecule has 0 spiro atoms. The van der Waals surface area contributed by atoms with E-state index in [-0.39, 0.29) is 10.8 Å². The van der Waals surface area contributed by atoms with Crippen molar-refractivity contribution in [2.24, 2.45) is 0 Å². The van der Waals surface area contributed by atoms with Crippen molar-refractivity contribution >= 4 is 22.9 Å². The molecule has 0 amide bonds. The lowest BCUT2D eigenvalue weighted by atomic mass is 9.93. The van der Waals surface area contributed by atoms with E-state index < -0.39 is 11.6 Å². The van der Waals surface area contributed by atoms with E-state index in [4.69, 9.17) is 0 Å². The van der Waals surface area contributed by atoms with Crippen LogP contribution >= 0.6 is 11.9 Å². The Balaban J connectivity index is 2.17. The summed E-state index contributed by atoms with van der Waals surface area (Å²) in [6, 6.07) is 11.4. The number of rotatable bonds is 4. The minimum Gasteiger partial charge on any atom is -0.256 e. The normalized spacial score (nSPS) is 13.2. The summed E-state index contributed by atoms with van der Waals surface area (Å²) in [6.45, 7) is 8.43. The molecule has 0 bridgehead atoms. The summed E-state index contributed by atoms with van der Waals surface area (Å²) in [4.78, 5) is 4.49. The molecule has 1 N–H and O–H groups in total. The fraction of sp³-hybridized carbons (Fsp3) is 0.286. The van der Waals surface area contributed by atoms with E-state index in [2.05, 4.69) is 30.5 Å². The molecule has 1 aromatic heterocycles. The quantitative estimate of drug-likeness (QED) is 0.546. The minimum absolute atomic E-state index is 0.0213. The van der Waals surface area contributed by atoms with Gasteiger partial charge < -0.3 is 0 Å². The van der Waals surface area contributed by atoms with Gasteiger partial charge in [-0.25, -0.2) is 8.78 Å². The van der Waals surface area contributed by atoms with Gasteiger partial charge in [-0.3, -0.25) is 9.71 Å². The van der Waals surface area contributed by atoms with Crippen LogP contribution in [0.2, 0.25) is 0 Å². The van der Waals surface area contributed by atoms with Crippen molar-refractivity contribution < 1.29 is 8.78 Å². The van der Waals surface area contributed by atoms with Crippen molar-refractivity contribution in [3.8, 4) is 11.1 Å². The van der Waals surface area contributed by atoms with Crippen LogP contribution in [-0.2, 0) is 0 Å². The first-order chi connectivity index (χ1) is 12.2. The molecular weight excluding hydrogens is 350 g/mol. The number of pyridine rings is 1. The Labute approximate surface area is 157 Å². The second-order valence-electron chi connectivity index (χ2n) is 7.32. The molecule has 2 nitrogen and oxygen atoms in total. The Morgan fingerprint density at radius 2 is 1.73 bits per heavy atom. The zero-order chi connectivity index (χ0) is 18.9. The fourth-order valence-electron chi connectivity index (χ4n) is 2.85. The van der Waals surface area contributed by atoms with E-state index >= 15 is 0 Å². The lowest BCUT2D eigenvalue weighted by Crippen LogP contribution is -2.20. The van der Waals surface area contributed by atoms with Crippen molar-refractivity contribution in [1.82, 2.24) is 9.71 Å².